The summed E-state index contributed by atoms with van der Waals surface area (Å²) in [5, 5.41) is 4.45. The van der Waals surface area contributed by atoms with Crippen LogP contribution in [0.5, 0.6) is 0 Å². The van der Waals surface area contributed by atoms with E-state index in [1.165, 1.54) is 18.4 Å². The van der Waals surface area contributed by atoms with E-state index in [1.54, 1.807) is 36.7 Å². The Morgan fingerprint density at radius 2 is 1.84 bits per heavy atom. The third-order valence-corrected chi connectivity index (χ3v) is 6.35. The van der Waals surface area contributed by atoms with Gasteiger partial charge in [0.15, 0.2) is 0 Å². The van der Waals surface area contributed by atoms with Crippen LogP contribution in [-0.2, 0) is 4.74 Å². The van der Waals surface area contributed by atoms with E-state index in [9.17, 15) is 9.59 Å². The first kappa shape index (κ1) is 21.0. The number of carbonyl (C=O) groups is 2. The number of rotatable bonds is 4. The third kappa shape index (κ3) is 4.02. The minimum atomic E-state index is -0.489. The van der Waals surface area contributed by atoms with Crippen molar-refractivity contribution < 1.29 is 14.3 Å². The lowest BCUT2D eigenvalue weighted by Gasteiger charge is -2.11. The number of amides is 1. The molecule has 4 aromatic rings. The molecule has 0 aliphatic heterocycles. The number of hydrogen-bond acceptors (Lipinski definition) is 6. The Kier molecular flexibility index (Phi) is 5.71. The highest BCUT2D eigenvalue weighted by molar-refractivity contribution is 7.16. The number of nitrogens with one attached hydrogen (secondary N) is 1. The summed E-state index contributed by atoms with van der Waals surface area (Å²) in [5.41, 5.74) is 3.65. The van der Waals surface area contributed by atoms with Gasteiger partial charge in [-0.25, -0.2) is 9.78 Å². The maximum atomic E-state index is 13.4. The van der Waals surface area contributed by atoms with Crippen LogP contribution in [-0.4, -0.2) is 29.0 Å². The average molecular weight is 452 g/mol. The fourth-order valence-electron chi connectivity index (χ4n) is 3.29. The largest absolute Gasteiger partial charge is 0.465 e. The monoisotopic (exact) mass is 451 g/mol. The van der Waals surface area contributed by atoms with Gasteiger partial charge in [-0.3, -0.25) is 9.78 Å². The van der Waals surface area contributed by atoms with Gasteiger partial charge in [-0.2, -0.15) is 0 Å². The molecule has 4 rings (SSSR count). The van der Waals surface area contributed by atoms with Crippen molar-refractivity contribution in [1.82, 2.24) is 9.97 Å². The summed E-state index contributed by atoms with van der Waals surface area (Å²) in [6, 6.07) is 10.6. The quantitative estimate of drug-likeness (QED) is 0.404. The molecular weight excluding hydrogens is 434 g/mol. The number of hydrogen-bond donors (Lipinski definition) is 1. The highest BCUT2D eigenvalue weighted by Gasteiger charge is 2.23. The highest BCUT2D eigenvalue weighted by atomic mass is 35.5. The van der Waals surface area contributed by atoms with E-state index in [2.05, 4.69) is 15.3 Å². The predicted octanol–water partition coefficient (Wildman–Crippen LogP) is 5.67. The average Bonchev–Trinajstić information content (AvgIpc) is 3.05. The lowest BCUT2D eigenvalue weighted by atomic mass is 10.0. The molecule has 0 radical (unpaired) electrons. The van der Waals surface area contributed by atoms with Gasteiger partial charge >= 0.3 is 5.97 Å². The summed E-state index contributed by atoms with van der Waals surface area (Å²) >= 11 is 7.53. The Labute approximate surface area is 187 Å². The molecule has 1 amide bonds. The highest BCUT2D eigenvalue weighted by Crippen LogP contribution is 2.34. The van der Waals surface area contributed by atoms with Gasteiger partial charge in [-0.15, -0.1) is 11.3 Å². The van der Waals surface area contributed by atoms with Crippen molar-refractivity contribution in [3.8, 4) is 11.3 Å². The topological polar surface area (TPSA) is 81.2 Å². The molecule has 0 spiro atoms. The molecule has 3 aromatic heterocycles. The van der Waals surface area contributed by atoms with Crippen molar-refractivity contribution in [1.29, 1.82) is 0 Å². The molecule has 0 aliphatic rings. The molecule has 0 aliphatic carbocycles. The zero-order valence-corrected chi connectivity index (χ0v) is 18.6. The van der Waals surface area contributed by atoms with Gasteiger partial charge < -0.3 is 10.1 Å². The van der Waals surface area contributed by atoms with Crippen molar-refractivity contribution in [2.75, 3.05) is 12.4 Å². The van der Waals surface area contributed by atoms with Crippen LogP contribution in [0.25, 0.3) is 22.2 Å². The summed E-state index contributed by atoms with van der Waals surface area (Å²) in [4.78, 5) is 35.3. The Morgan fingerprint density at radius 3 is 2.55 bits per heavy atom. The predicted molar refractivity (Wildman–Crippen MR) is 123 cm³/mol. The molecule has 0 bridgehead atoms. The molecule has 0 saturated carbocycles. The minimum Gasteiger partial charge on any atom is -0.465 e. The summed E-state index contributed by atoms with van der Waals surface area (Å²) in [6.07, 6.45) is 3.34. The molecular formula is C23H18ClN3O3S. The SMILES string of the molecule is COC(=O)c1c(NC(=O)c2cc(-c3ccncc3)nc3ccc(Cl)cc23)sc(C)c1C. The molecule has 3 heterocycles. The van der Waals surface area contributed by atoms with Crippen LogP contribution >= 0.6 is 22.9 Å². The van der Waals surface area contributed by atoms with Crippen LogP contribution in [0.4, 0.5) is 5.00 Å². The Hall–Kier alpha value is -3.29. The molecule has 156 valence electrons. The van der Waals surface area contributed by atoms with E-state index in [-0.39, 0.29) is 5.91 Å². The van der Waals surface area contributed by atoms with E-state index in [0.717, 1.165) is 16.0 Å². The molecule has 1 aromatic carbocycles. The Balaban J connectivity index is 1.84. The summed E-state index contributed by atoms with van der Waals surface area (Å²) in [7, 11) is 1.32. The molecule has 8 heteroatoms. The fourth-order valence-corrected chi connectivity index (χ4v) is 4.51. The second-order valence-electron chi connectivity index (χ2n) is 6.89. The Bertz CT molecular complexity index is 1320. The number of aryl methyl sites for hydroxylation is 1. The normalized spacial score (nSPS) is 10.8. The first-order chi connectivity index (χ1) is 14.9. The van der Waals surface area contributed by atoms with Crippen LogP contribution in [0.15, 0.2) is 48.8 Å². The van der Waals surface area contributed by atoms with E-state index >= 15 is 0 Å². The van der Waals surface area contributed by atoms with Crippen LogP contribution in [0, 0.1) is 13.8 Å². The smallest absolute Gasteiger partial charge is 0.341 e. The van der Waals surface area contributed by atoms with Gasteiger partial charge in [0.1, 0.15) is 5.00 Å². The number of thiophene rings is 1. The van der Waals surface area contributed by atoms with Gasteiger partial charge in [0.25, 0.3) is 5.91 Å². The first-order valence-corrected chi connectivity index (χ1v) is 10.6. The number of nitrogens with zero attached hydrogens (tertiary/aromatic N) is 2. The maximum Gasteiger partial charge on any atom is 0.341 e. The van der Waals surface area contributed by atoms with Crippen molar-refractivity contribution in [2.45, 2.75) is 13.8 Å². The number of anilines is 1. The van der Waals surface area contributed by atoms with Gasteiger partial charge in [-0.1, -0.05) is 11.6 Å². The van der Waals surface area contributed by atoms with Crippen molar-refractivity contribution in [3.63, 3.8) is 0 Å². The van der Waals surface area contributed by atoms with Crippen molar-refractivity contribution in [3.05, 3.63) is 75.4 Å². The van der Waals surface area contributed by atoms with Gasteiger partial charge in [0.2, 0.25) is 0 Å². The number of methoxy groups -OCH3 is 1. The lowest BCUT2D eigenvalue weighted by molar-refractivity contribution is 0.0601. The number of fused-ring (bicyclic) bond motifs is 1. The summed E-state index contributed by atoms with van der Waals surface area (Å²) in [6.45, 7) is 3.72. The lowest BCUT2D eigenvalue weighted by Crippen LogP contribution is -2.15. The van der Waals surface area contributed by atoms with Crippen LogP contribution in [0.1, 0.15) is 31.2 Å². The third-order valence-electron chi connectivity index (χ3n) is 4.99. The van der Waals surface area contributed by atoms with Crippen LogP contribution in [0.2, 0.25) is 5.02 Å². The van der Waals surface area contributed by atoms with E-state index in [4.69, 9.17) is 16.3 Å². The number of carbonyl (C=O) groups excluding carboxylic acids is 2. The number of ether oxygens (including phenoxy) is 1. The van der Waals surface area contributed by atoms with E-state index in [1.807, 2.05) is 26.0 Å². The molecule has 0 saturated heterocycles. The number of esters is 1. The van der Waals surface area contributed by atoms with Crippen LogP contribution in [0.3, 0.4) is 0 Å². The van der Waals surface area contributed by atoms with Gasteiger partial charge in [0.05, 0.1) is 29.4 Å². The molecule has 31 heavy (non-hydrogen) atoms. The second-order valence-corrected chi connectivity index (χ2v) is 8.55. The van der Waals surface area contributed by atoms with Crippen molar-refractivity contribution in [2.24, 2.45) is 0 Å². The minimum absolute atomic E-state index is 0.364. The number of pyridine rings is 2. The number of benzene rings is 1. The first-order valence-electron chi connectivity index (χ1n) is 9.39. The summed E-state index contributed by atoms with van der Waals surface area (Å²) < 4.78 is 4.90. The van der Waals surface area contributed by atoms with E-state index in [0.29, 0.717) is 37.7 Å². The zero-order chi connectivity index (χ0) is 22.1. The molecule has 0 atom stereocenters. The number of halogens is 1. The maximum absolute atomic E-state index is 13.4. The molecule has 0 fully saturated rings. The van der Waals surface area contributed by atoms with Crippen LogP contribution < -0.4 is 5.32 Å². The van der Waals surface area contributed by atoms with Gasteiger partial charge in [0, 0.05) is 33.2 Å². The number of aromatic nitrogens is 2. The van der Waals surface area contributed by atoms with Gasteiger partial charge in [-0.05, 0) is 55.8 Å². The zero-order valence-electron chi connectivity index (χ0n) is 17.0. The molecule has 0 unspecified atom stereocenters. The Morgan fingerprint density at radius 1 is 1.10 bits per heavy atom. The standard InChI is InChI=1S/C23H18ClN3O3S/c1-12-13(2)31-22(20(12)23(29)30-3)27-21(28)17-11-19(14-6-8-25-9-7-14)26-18-5-4-15(24)10-16(17)18/h4-11H,1-3H3,(H,27,28). The second kappa shape index (κ2) is 8.45. The van der Waals surface area contributed by atoms with Crippen molar-refractivity contribution >= 4 is 50.7 Å². The summed E-state index contributed by atoms with van der Waals surface area (Å²) in [5.74, 6) is -0.853. The van der Waals surface area contributed by atoms with E-state index < -0.39 is 5.97 Å². The fraction of sp³-hybridized carbons (Fsp3) is 0.130. The molecule has 1 N–H and O–H groups in total. The molecule has 6 nitrogen and oxygen atoms in total.